The fourth-order valence-electron chi connectivity index (χ4n) is 4.54. The lowest BCUT2D eigenvalue weighted by atomic mass is 10.1. The molecule has 0 unspecified atom stereocenters. The van der Waals surface area contributed by atoms with Crippen LogP contribution in [-0.4, -0.2) is 39.6 Å². The number of thiazole rings is 1. The number of nitrogens with one attached hydrogen (secondary N) is 1. The lowest BCUT2D eigenvalue weighted by molar-refractivity contribution is -0.118. The van der Waals surface area contributed by atoms with Gasteiger partial charge in [-0.3, -0.25) is 24.1 Å². The van der Waals surface area contributed by atoms with Gasteiger partial charge in [0, 0.05) is 16.8 Å². The number of benzene rings is 3. The van der Waals surface area contributed by atoms with Gasteiger partial charge in [-0.15, -0.1) is 0 Å². The van der Waals surface area contributed by atoms with E-state index in [9.17, 15) is 19.2 Å². The van der Waals surface area contributed by atoms with E-state index in [2.05, 4.69) is 15.4 Å². The third-order valence-corrected chi connectivity index (χ3v) is 7.34. The molecule has 198 valence electrons. The second-order valence-electron chi connectivity index (χ2n) is 8.85. The van der Waals surface area contributed by atoms with Crippen LogP contribution in [-0.2, 0) is 9.59 Å². The van der Waals surface area contributed by atoms with Crippen molar-refractivity contribution in [1.29, 1.82) is 0 Å². The van der Waals surface area contributed by atoms with Crippen LogP contribution in [0.4, 0.5) is 11.4 Å². The third-order valence-electron chi connectivity index (χ3n) is 6.31. The molecule has 10 nitrogen and oxygen atoms in total. The summed E-state index contributed by atoms with van der Waals surface area (Å²) in [6.45, 7) is 2.15. The van der Waals surface area contributed by atoms with Crippen molar-refractivity contribution in [3.63, 3.8) is 0 Å². The van der Waals surface area contributed by atoms with Gasteiger partial charge in [0.05, 0.1) is 17.9 Å². The zero-order valence-electron chi connectivity index (χ0n) is 21.2. The molecule has 0 radical (unpaired) electrons. The Morgan fingerprint density at radius 3 is 2.42 bits per heavy atom. The molecule has 2 amide bonds. The average molecular weight is 552 g/mol. The Hall–Kier alpha value is -5.16. The smallest absolute Gasteiger partial charge is 0.300 e. The van der Waals surface area contributed by atoms with E-state index in [0.29, 0.717) is 34.9 Å². The minimum atomic E-state index is -0.574. The molecule has 2 aromatic heterocycles. The Kier molecular flexibility index (Phi) is 6.40. The molecule has 1 aliphatic heterocycles. The third kappa shape index (κ3) is 4.41. The fourth-order valence-corrected chi connectivity index (χ4v) is 5.53. The van der Waals surface area contributed by atoms with E-state index in [1.807, 2.05) is 6.92 Å². The van der Waals surface area contributed by atoms with Gasteiger partial charge in [0.25, 0.3) is 11.5 Å². The molecule has 0 fully saturated rings. The number of fused-ring (bicyclic) bond motifs is 2. The summed E-state index contributed by atoms with van der Waals surface area (Å²) in [5.74, 6) is -0.228. The minimum Gasteiger partial charge on any atom is -0.494 e. The number of aromatic nitrogens is 3. The number of nitrogens with zero attached hydrogens (tertiary/aromatic N) is 4. The molecule has 0 aliphatic carbocycles. The quantitative estimate of drug-likeness (QED) is 0.344. The Morgan fingerprint density at radius 2 is 1.68 bits per heavy atom. The zero-order valence-corrected chi connectivity index (χ0v) is 22.0. The molecule has 3 heterocycles. The topological polar surface area (TPSA) is 123 Å². The summed E-state index contributed by atoms with van der Waals surface area (Å²) in [7, 11) is 0. The highest BCUT2D eigenvalue weighted by atomic mass is 32.1. The van der Waals surface area contributed by atoms with Crippen molar-refractivity contribution < 1.29 is 14.3 Å². The van der Waals surface area contributed by atoms with Crippen molar-refractivity contribution in [2.24, 2.45) is 0 Å². The molecular formula is C29H21N5O5S. The van der Waals surface area contributed by atoms with E-state index in [1.165, 1.54) is 4.90 Å². The first-order valence-electron chi connectivity index (χ1n) is 12.4. The van der Waals surface area contributed by atoms with Crippen LogP contribution in [0.25, 0.3) is 21.8 Å². The number of para-hydroxylation sites is 1. The Morgan fingerprint density at radius 1 is 0.950 bits per heavy atom. The molecule has 0 spiro atoms. The maximum Gasteiger partial charge on any atom is 0.300 e. The molecule has 0 saturated carbocycles. The molecule has 0 saturated heterocycles. The van der Waals surface area contributed by atoms with Crippen molar-refractivity contribution in [1.82, 2.24) is 14.6 Å². The highest BCUT2D eigenvalue weighted by Crippen LogP contribution is 2.35. The molecule has 0 atom stereocenters. The van der Waals surface area contributed by atoms with Gasteiger partial charge in [-0.1, -0.05) is 59.9 Å². The van der Waals surface area contributed by atoms with E-state index >= 15 is 0 Å². The number of hydrogen-bond donors (Lipinski definition) is 1. The fraction of sp³-hybridized carbons (Fsp3) is 0.103. The molecule has 1 N–H and O–H groups in total. The van der Waals surface area contributed by atoms with Gasteiger partial charge < -0.3 is 10.1 Å². The molecule has 40 heavy (non-hydrogen) atoms. The van der Waals surface area contributed by atoms with Crippen LogP contribution >= 0.6 is 11.3 Å². The summed E-state index contributed by atoms with van der Waals surface area (Å²) in [6, 6.07) is 22.6. The van der Waals surface area contributed by atoms with Crippen LogP contribution < -0.4 is 30.6 Å². The summed E-state index contributed by atoms with van der Waals surface area (Å²) in [6.07, 6.45) is 0. The van der Waals surface area contributed by atoms with Gasteiger partial charge in [0.15, 0.2) is 5.69 Å². The lowest BCUT2D eigenvalue weighted by Crippen LogP contribution is -2.37. The molecule has 0 bridgehead atoms. The van der Waals surface area contributed by atoms with E-state index in [0.717, 1.165) is 15.9 Å². The Labute approximate surface area is 230 Å². The summed E-state index contributed by atoms with van der Waals surface area (Å²) in [5, 5.41) is 7.07. The van der Waals surface area contributed by atoms with Gasteiger partial charge >= 0.3 is 5.56 Å². The predicted octanol–water partition coefficient (Wildman–Crippen LogP) is 2.48. The van der Waals surface area contributed by atoms with Gasteiger partial charge in [-0.05, 0) is 37.3 Å². The number of anilines is 2. The van der Waals surface area contributed by atoms with E-state index < -0.39 is 22.9 Å². The van der Waals surface area contributed by atoms with Crippen molar-refractivity contribution >= 4 is 45.1 Å². The number of ether oxygens (including phenoxy) is 1. The van der Waals surface area contributed by atoms with Crippen LogP contribution in [0, 0.1) is 0 Å². The van der Waals surface area contributed by atoms with Crippen molar-refractivity contribution in [2.75, 3.05) is 23.4 Å². The number of rotatable bonds is 6. The maximum absolute atomic E-state index is 13.7. The first-order chi connectivity index (χ1) is 19.4. The molecule has 6 rings (SSSR count). The Balaban J connectivity index is 1.38. The van der Waals surface area contributed by atoms with Crippen LogP contribution in [0.3, 0.4) is 0 Å². The number of carbonyl (C=O) groups excluding carboxylic acids is 2. The van der Waals surface area contributed by atoms with Crippen molar-refractivity contribution in [3.8, 4) is 17.0 Å². The predicted molar refractivity (Wildman–Crippen MR) is 152 cm³/mol. The number of carbonyl (C=O) groups is 2. The molecular weight excluding hydrogens is 530 g/mol. The Bertz CT molecular complexity index is 1950. The normalized spacial score (nSPS) is 13.9. The second-order valence-corrected chi connectivity index (χ2v) is 9.83. The van der Waals surface area contributed by atoms with Crippen LogP contribution in [0.2, 0.25) is 0 Å². The van der Waals surface area contributed by atoms with Gasteiger partial charge in [-0.25, -0.2) is 0 Å². The first kappa shape index (κ1) is 25.1. The van der Waals surface area contributed by atoms with Gasteiger partial charge in [0.1, 0.15) is 16.8 Å². The summed E-state index contributed by atoms with van der Waals surface area (Å²) in [4.78, 5) is 58.3. The number of hydrogen-bond acceptors (Lipinski definition) is 8. The van der Waals surface area contributed by atoms with Crippen LogP contribution in [0.15, 0.2) is 88.5 Å². The van der Waals surface area contributed by atoms with Crippen LogP contribution in [0.1, 0.15) is 12.5 Å². The SMILES string of the molecule is CCOc1ccc(NC(=O)CN2C(=O)/C(=c3\sc4nc(=O)c(-c5ccccc5)nn4c3=O)c3ccccc32)cc1. The highest BCUT2D eigenvalue weighted by molar-refractivity contribution is 7.15. The minimum absolute atomic E-state index is 0.0373. The highest BCUT2D eigenvalue weighted by Gasteiger charge is 2.35. The molecule has 5 aromatic rings. The summed E-state index contributed by atoms with van der Waals surface area (Å²) in [5.41, 5.74) is 1.13. The van der Waals surface area contributed by atoms with E-state index in [4.69, 9.17) is 4.74 Å². The molecule has 3 aromatic carbocycles. The molecule has 11 heteroatoms. The molecule has 1 aliphatic rings. The van der Waals surface area contributed by atoms with E-state index in [-0.39, 0.29) is 27.3 Å². The van der Waals surface area contributed by atoms with Crippen molar-refractivity contribution in [2.45, 2.75) is 6.92 Å². The van der Waals surface area contributed by atoms with Crippen molar-refractivity contribution in [3.05, 3.63) is 110 Å². The second kappa shape index (κ2) is 10.2. The van der Waals surface area contributed by atoms with Gasteiger partial charge in [0.2, 0.25) is 10.9 Å². The van der Waals surface area contributed by atoms with E-state index in [1.54, 1.807) is 78.9 Å². The lowest BCUT2D eigenvalue weighted by Gasteiger charge is -2.16. The number of amides is 2. The maximum atomic E-state index is 13.7. The van der Waals surface area contributed by atoms with Gasteiger partial charge in [-0.2, -0.15) is 14.6 Å². The standard InChI is InChI=1S/C29H21N5O5S/c1-2-39-19-14-12-18(13-15-19)30-22(35)16-33-21-11-7-6-10-20(21)23(27(33)37)25-28(38)34-29(40-25)31-26(36)24(32-34)17-8-4-3-5-9-17/h3-15H,2,16H2,1H3,(H,30,35)/b25-23-. The van der Waals surface area contributed by atoms with Crippen LogP contribution in [0.5, 0.6) is 5.75 Å². The zero-order chi connectivity index (χ0) is 27.8. The average Bonchev–Trinajstić information content (AvgIpc) is 3.42. The monoisotopic (exact) mass is 551 g/mol. The first-order valence-corrected chi connectivity index (χ1v) is 13.2. The summed E-state index contributed by atoms with van der Waals surface area (Å²) < 4.78 is 6.57. The summed E-state index contributed by atoms with van der Waals surface area (Å²) >= 11 is 0.915. The largest absolute Gasteiger partial charge is 0.494 e.